The summed E-state index contributed by atoms with van der Waals surface area (Å²) in [5.41, 5.74) is 0. The highest BCUT2D eigenvalue weighted by atomic mass is 31.2. The summed E-state index contributed by atoms with van der Waals surface area (Å²) < 4.78 is 28.9. The van der Waals surface area contributed by atoms with Gasteiger partial charge in [-0.25, -0.2) is 4.79 Å². The predicted octanol–water partition coefficient (Wildman–Crippen LogP) is 5.33. The van der Waals surface area contributed by atoms with Crippen LogP contribution in [0.5, 0.6) is 0 Å². The number of hydrogen-bond donors (Lipinski definition) is 1. The van der Waals surface area contributed by atoms with E-state index in [4.69, 9.17) is 13.8 Å². The summed E-state index contributed by atoms with van der Waals surface area (Å²) >= 11 is 0. The monoisotopic (exact) mass is 551 g/mol. The average molecular weight is 552 g/mol. The topological polar surface area (TPSA) is 100 Å². The average Bonchev–Trinajstić information content (AvgIpc) is 2.81. The molecule has 9 nitrogen and oxygen atoms in total. The lowest BCUT2D eigenvalue weighted by atomic mass is 10.0. The lowest BCUT2D eigenvalue weighted by Crippen LogP contribution is -2.42. The molecule has 0 aliphatic heterocycles. The van der Waals surface area contributed by atoms with Gasteiger partial charge in [0, 0.05) is 20.7 Å². The van der Waals surface area contributed by atoms with Crippen LogP contribution in [-0.2, 0) is 18.3 Å². The van der Waals surface area contributed by atoms with E-state index in [0.717, 1.165) is 12.8 Å². The third-order valence-corrected chi connectivity index (χ3v) is 7.33. The van der Waals surface area contributed by atoms with Gasteiger partial charge in [0.1, 0.15) is 19.3 Å². The molecule has 0 aromatic rings. The van der Waals surface area contributed by atoms with E-state index in [0.29, 0.717) is 17.6 Å². The molecule has 1 N–H and O–H groups in total. The van der Waals surface area contributed by atoms with Crippen molar-refractivity contribution in [2.24, 2.45) is 0 Å². The molecular weight excluding hydrogens is 493 g/mol. The molecule has 0 aliphatic carbocycles. The molecule has 0 aromatic heterocycles. The number of hydrogen-bond acceptors (Lipinski definition) is 6. The highest BCUT2D eigenvalue weighted by Crippen LogP contribution is 2.40. The quantitative estimate of drug-likeness (QED) is 0.0935. The number of carbonyl (C=O) groups excluding carboxylic acids is 1. The van der Waals surface area contributed by atoms with Gasteiger partial charge in [0.15, 0.2) is 0 Å². The van der Waals surface area contributed by atoms with Gasteiger partial charge in [-0.05, 0) is 6.42 Å². The minimum atomic E-state index is -4.52. The van der Waals surface area contributed by atoms with Crippen molar-refractivity contribution in [2.75, 3.05) is 68.1 Å². The number of phosphoric acid groups is 1. The van der Waals surface area contributed by atoms with E-state index >= 15 is 0 Å². The van der Waals surface area contributed by atoms with Crippen LogP contribution in [0.15, 0.2) is 0 Å². The summed E-state index contributed by atoms with van der Waals surface area (Å²) in [7, 11) is 4.43. The number of likely N-dealkylation sites (N-methyl/N-ethyl adjacent to an activating group) is 2. The Labute approximate surface area is 227 Å². The van der Waals surface area contributed by atoms with Gasteiger partial charge in [-0.15, -0.1) is 0 Å². The molecule has 0 aliphatic rings. The fourth-order valence-electron chi connectivity index (χ4n) is 3.95. The number of phosphoric ester groups is 1. The normalized spacial score (nSPS) is 14.4. The van der Waals surface area contributed by atoms with Gasteiger partial charge in [0.2, 0.25) is 0 Å². The standard InChI is InChI=1S/C27H58N3O6P/c1-7-8-9-10-11-12-13-14-15-16-17-18-19-20-22-34-25-26(24-29(3)27(31)28-2)36-37(32,33)35-23-21-30(4,5)6/h26H,7-25H2,1-6H3,(H-,28,31,32,33). The van der Waals surface area contributed by atoms with Crippen LogP contribution in [0.4, 0.5) is 4.79 Å². The molecule has 0 spiro atoms. The molecule has 0 fully saturated rings. The lowest BCUT2D eigenvalue weighted by Gasteiger charge is -2.31. The first-order valence-electron chi connectivity index (χ1n) is 14.5. The first kappa shape index (κ1) is 36.3. The Morgan fingerprint density at radius 1 is 0.892 bits per heavy atom. The van der Waals surface area contributed by atoms with Crippen molar-refractivity contribution in [1.82, 2.24) is 10.2 Å². The van der Waals surface area contributed by atoms with Crippen molar-refractivity contribution in [3.8, 4) is 0 Å². The number of carbonyl (C=O) groups is 1. The molecule has 0 bridgehead atoms. The Morgan fingerprint density at radius 2 is 1.38 bits per heavy atom. The van der Waals surface area contributed by atoms with Crippen molar-refractivity contribution >= 4 is 13.9 Å². The molecule has 2 amide bonds. The largest absolute Gasteiger partial charge is 0.756 e. The maximum absolute atomic E-state index is 12.3. The lowest BCUT2D eigenvalue weighted by molar-refractivity contribution is -0.870. The number of ether oxygens (including phenoxy) is 1. The number of amides is 2. The fraction of sp³-hybridized carbons (Fsp3) is 0.963. The predicted molar refractivity (Wildman–Crippen MR) is 150 cm³/mol. The van der Waals surface area contributed by atoms with Gasteiger partial charge in [-0.1, -0.05) is 90.4 Å². The number of nitrogens with one attached hydrogen (secondary N) is 1. The van der Waals surface area contributed by atoms with Gasteiger partial charge in [-0.3, -0.25) is 4.57 Å². The van der Waals surface area contributed by atoms with Crippen LogP contribution in [0.3, 0.4) is 0 Å². The molecule has 222 valence electrons. The number of urea groups is 1. The van der Waals surface area contributed by atoms with Crippen molar-refractivity contribution < 1.29 is 32.5 Å². The summed E-state index contributed by atoms with van der Waals surface area (Å²) in [6.07, 6.45) is 17.2. The van der Waals surface area contributed by atoms with Crippen molar-refractivity contribution in [1.29, 1.82) is 0 Å². The third-order valence-electron chi connectivity index (χ3n) is 6.27. The van der Waals surface area contributed by atoms with Crippen molar-refractivity contribution in [3.63, 3.8) is 0 Å². The summed E-state index contributed by atoms with van der Waals surface area (Å²) in [5, 5.41) is 2.52. The molecule has 0 heterocycles. The molecule has 0 aromatic carbocycles. The van der Waals surface area contributed by atoms with E-state index in [1.54, 1.807) is 7.05 Å². The second-order valence-corrected chi connectivity index (χ2v) is 12.5. The van der Waals surface area contributed by atoms with E-state index in [1.165, 1.54) is 89.0 Å². The zero-order valence-electron chi connectivity index (χ0n) is 24.8. The van der Waals surface area contributed by atoms with E-state index in [2.05, 4.69) is 12.2 Å². The van der Waals surface area contributed by atoms with Gasteiger partial charge in [0.05, 0.1) is 34.3 Å². The molecular formula is C27H58N3O6P. The molecule has 37 heavy (non-hydrogen) atoms. The SMILES string of the molecule is CCCCCCCCCCCCCCCCOCC(CN(C)C(=O)NC)OP(=O)([O-])OCC[N+](C)(C)C. The minimum absolute atomic E-state index is 0.0299. The van der Waals surface area contributed by atoms with E-state index in [1.807, 2.05) is 21.1 Å². The second kappa shape index (κ2) is 22.2. The molecule has 0 saturated heterocycles. The van der Waals surface area contributed by atoms with Crippen LogP contribution in [-0.4, -0.2) is 89.7 Å². The second-order valence-electron chi connectivity index (χ2n) is 11.1. The van der Waals surface area contributed by atoms with Gasteiger partial charge in [0.25, 0.3) is 7.82 Å². The Morgan fingerprint density at radius 3 is 1.84 bits per heavy atom. The molecule has 0 rings (SSSR count). The zero-order valence-corrected chi connectivity index (χ0v) is 25.7. The van der Waals surface area contributed by atoms with Crippen LogP contribution in [0.2, 0.25) is 0 Å². The first-order chi connectivity index (χ1) is 17.5. The summed E-state index contributed by atoms with van der Waals surface area (Å²) in [4.78, 5) is 25.5. The zero-order chi connectivity index (χ0) is 28.0. The van der Waals surface area contributed by atoms with Gasteiger partial charge in [-0.2, -0.15) is 0 Å². The van der Waals surface area contributed by atoms with E-state index in [9.17, 15) is 14.3 Å². The molecule has 0 radical (unpaired) electrons. The van der Waals surface area contributed by atoms with Crippen LogP contribution in [0.25, 0.3) is 0 Å². The Bertz CT molecular complexity index is 603. The van der Waals surface area contributed by atoms with Gasteiger partial charge < -0.3 is 33.4 Å². The smallest absolute Gasteiger partial charge is 0.316 e. The maximum atomic E-state index is 12.3. The van der Waals surface area contributed by atoms with Crippen LogP contribution in [0.1, 0.15) is 96.8 Å². The highest BCUT2D eigenvalue weighted by molar-refractivity contribution is 7.45. The number of rotatable bonds is 25. The Hall–Kier alpha value is -0.700. The van der Waals surface area contributed by atoms with Crippen molar-refractivity contribution in [2.45, 2.75) is 103 Å². The van der Waals surface area contributed by atoms with Crippen LogP contribution < -0.4 is 10.2 Å². The summed E-state index contributed by atoms with van der Waals surface area (Å²) in [6.45, 7) is 3.49. The van der Waals surface area contributed by atoms with E-state index in [-0.39, 0.29) is 25.8 Å². The Kier molecular flexibility index (Phi) is 21.7. The summed E-state index contributed by atoms with van der Waals surface area (Å²) in [6, 6.07) is -0.327. The van der Waals surface area contributed by atoms with E-state index < -0.39 is 13.9 Å². The highest BCUT2D eigenvalue weighted by Gasteiger charge is 2.23. The number of nitrogens with zero attached hydrogens (tertiary/aromatic N) is 2. The molecule has 2 unspecified atom stereocenters. The molecule has 2 atom stereocenters. The first-order valence-corrected chi connectivity index (χ1v) is 15.9. The number of unbranched alkanes of at least 4 members (excludes halogenated alkanes) is 13. The van der Waals surface area contributed by atoms with Crippen LogP contribution in [0, 0.1) is 0 Å². The maximum Gasteiger partial charge on any atom is 0.316 e. The van der Waals surface area contributed by atoms with Crippen molar-refractivity contribution in [3.05, 3.63) is 0 Å². The fourth-order valence-corrected chi connectivity index (χ4v) is 4.81. The minimum Gasteiger partial charge on any atom is -0.756 e. The number of quaternary nitrogens is 1. The van der Waals surface area contributed by atoms with Crippen LogP contribution >= 0.6 is 7.82 Å². The summed E-state index contributed by atoms with van der Waals surface area (Å²) in [5.74, 6) is 0. The Balaban J connectivity index is 4.09. The third kappa shape index (κ3) is 24.1. The molecule has 0 saturated carbocycles. The van der Waals surface area contributed by atoms with Gasteiger partial charge >= 0.3 is 6.03 Å². The molecule has 10 heteroatoms.